The van der Waals surface area contributed by atoms with Gasteiger partial charge >= 0.3 is 5.97 Å². The lowest BCUT2D eigenvalue weighted by Gasteiger charge is -2.39. The predicted octanol–water partition coefficient (Wildman–Crippen LogP) is 1.12. The average Bonchev–Trinajstić information content (AvgIpc) is 2.79. The van der Waals surface area contributed by atoms with E-state index < -0.39 is 0 Å². The van der Waals surface area contributed by atoms with Crippen LogP contribution in [-0.4, -0.2) is 25.8 Å². The van der Waals surface area contributed by atoms with Crippen molar-refractivity contribution in [3.63, 3.8) is 0 Å². The number of hydrogen-bond acceptors (Lipinski definition) is 3. The monoisotopic (exact) mass is 170 g/mol. The van der Waals surface area contributed by atoms with Crippen molar-refractivity contribution in [3.8, 4) is 0 Å². The summed E-state index contributed by atoms with van der Waals surface area (Å²) < 4.78 is 9.92. The molecule has 0 bridgehead atoms. The van der Waals surface area contributed by atoms with Gasteiger partial charge in [0, 0.05) is 5.41 Å². The lowest BCUT2D eigenvalue weighted by atomic mass is 9.64. The lowest BCUT2D eigenvalue weighted by molar-refractivity contribution is -0.145. The number of hydrogen-bond donors (Lipinski definition) is 0. The Labute approximate surface area is 72.0 Å². The molecule has 2 fully saturated rings. The summed E-state index contributed by atoms with van der Waals surface area (Å²) in [6.45, 7) is 0.844. The number of carbonyl (C=O) groups is 1. The fraction of sp³-hybridized carbons (Fsp3) is 0.889. The molecule has 0 aromatic heterocycles. The zero-order chi connectivity index (χ0) is 8.60. The van der Waals surface area contributed by atoms with Gasteiger partial charge in [0.25, 0.3) is 0 Å². The van der Waals surface area contributed by atoms with Gasteiger partial charge in [0.2, 0.25) is 0 Å². The van der Waals surface area contributed by atoms with Crippen LogP contribution in [0.4, 0.5) is 0 Å². The second-order valence-electron chi connectivity index (χ2n) is 3.79. The predicted molar refractivity (Wildman–Crippen MR) is 42.7 cm³/mol. The second-order valence-corrected chi connectivity index (χ2v) is 3.79. The van der Waals surface area contributed by atoms with Crippen molar-refractivity contribution in [1.29, 1.82) is 0 Å². The van der Waals surface area contributed by atoms with Crippen LogP contribution in [-0.2, 0) is 14.3 Å². The summed E-state index contributed by atoms with van der Waals surface area (Å²) in [5.41, 5.74) is 0.160. The molecule has 0 amide bonds. The largest absolute Gasteiger partial charge is 0.469 e. The molecule has 3 nitrogen and oxygen atoms in total. The van der Waals surface area contributed by atoms with E-state index in [2.05, 4.69) is 4.74 Å². The van der Waals surface area contributed by atoms with Crippen LogP contribution in [0.1, 0.15) is 25.7 Å². The minimum Gasteiger partial charge on any atom is -0.469 e. The maximum atomic E-state index is 11.1. The number of rotatable bonds is 3. The van der Waals surface area contributed by atoms with Crippen LogP contribution in [0.15, 0.2) is 0 Å². The first-order valence-electron chi connectivity index (χ1n) is 4.45. The van der Waals surface area contributed by atoms with E-state index in [0.29, 0.717) is 12.5 Å². The Hall–Kier alpha value is -0.570. The fourth-order valence-corrected chi connectivity index (χ4v) is 2.00. The van der Waals surface area contributed by atoms with Crippen molar-refractivity contribution in [2.24, 2.45) is 5.41 Å². The van der Waals surface area contributed by atoms with Gasteiger partial charge < -0.3 is 9.47 Å². The van der Waals surface area contributed by atoms with Crippen LogP contribution in [0.2, 0.25) is 0 Å². The number of epoxide rings is 1. The smallest absolute Gasteiger partial charge is 0.306 e. The lowest BCUT2D eigenvalue weighted by Crippen LogP contribution is -2.37. The molecule has 1 saturated carbocycles. The minimum absolute atomic E-state index is 0.0924. The molecule has 68 valence electrons. The van der Waals surface area contributed by atoms with E-state index in [-0.39, 0.29) is 11.4 Å². The Kier molecular flexibility index (Phi) is 1.83. The Morgan fingerprint density at radius 3 is 2.67 bits per heavy atom. The van der Waals surface area contributed by atoms with Crippen LogP contribution >= 0.6 is 0 Å². The molecule has 1 unspecified atom stereocenters. The molecule has 12 heavy (non-hydrogen) atoms. The minimum atomic E-state index is -0.0924. The summed E-state index contributed by atoms with van der Waals surface area (Å²) >= 11 is 0. The van der Waals surface area contributed by atoms with E-state index in [9.17, 15) is 4.79 Å². The van der Waals surface area contributed by atoms with Crippen LogP contribution in [0, 0.1) is 5.41 Å². The van der Waals surface area contributed by atoms with Crippen LogP contribution in [0.25, 0.3) is 0 Å². The van der Waals surface area contributed by atoms with Gasteiger partial charge in [0.05, 0.1) is 26.2 Å². The Morgan fingerprint density at radius 1 is 1.67 bits per heavy atom. The molecule has 0 aromatic carbocycles. The Morgan fingerprint density at radius 2 is 2.33 bits per heavy atom. The van der Waals surface area contributed by atoms with E-state index >= 15 is 0 Å². The SMILES string of the molecule is COC(=O)CC1(C2CO2)CCC1. The molecule has 3 heteroatoms. The van der Waals surface area contributed by atoms with E-state index in [0.717, 1.165) is 19.4 Å². The van der Waals surface area contributed by atoms with Crippen molar-refractivity contribution in [1.82, 2.24) is 0 Å². The molecule has 0 spiro atoms. The zero-order valence-corrected chi connectivity index (χ0v) is 7.34. The summed E-state index contributed by atoms with van der Waals surface area (Å²) in [5.74, 6) is -0.0924. The summed E-state index contributed by atoms with van der Waals surface area (Å²) in [7, 11) is 1.45. The van der Waals surface area contributed by atoms with Gasteiger partial charge in [-0.3, -0.25) is 4.79 Å². The highest BCUT2D eigenvalue weighted by Gasteiger charge is 2.51. The van der Waals surface area contributed by atoms with Crippen molar-refractivity contribution in [3.05, 3.63) is 0 Å². The standard InChI is InChI=1S/C9H14O3/c1-11-8(10)5-9(3-2-4-9)7-6-12-7/h7H,2-6H2,1H3. The van der Waals surface area contributed by atoms with Gasteiger partial charge in [-0.05, 0) is 12.8 Å². The number of carbonyl (C=O) groups excluding carboxylic acids is 1. The molecule has 0 aromatic rings. The molecule has 0 radical (unpaired) electrons. The summed E-state index contributed by atoms with van der Waals surface area (Å²) in [5, 5.41) is 0. The Bertz CT molecular complexity index is 192. The van der Waals surface area contributed by atoms with Crippen molar-refractivity contribution in [2.45, 2.75) is 31.8 Å². The summed E-state index contributed by atoms with van der Waals surface area (Å²) in [4.78, 5) is 11.1. The van der Waals surface area contributed by atoms with Crippen LogP contribution in [0.3, 0.4) is 0 Å². The molecular formula is C9H14O3. The molecule has 1 aliphatic heterocycles. The number of methoxy groups -OCH3 is 1. The summed E-state index contributed by atoms with van der Waals surface area (Å²) in [6.07, 6.45) is 4.40. The van der Waals surface area contributed by atoms with Gasteiger partial charge in [-0.15, -0.1) is 0 Å². The van der Waals surface area contributed by atoms with Crippen molar-refractivity contribution >= 4 is 5.97 Å². The maximum absolute atomic E-state index is 11.1. The molecular weight excluding hydrogens is 156 g/mol. The van der Waals surface area contributed by atoms with E-state index in [1.54, 1.807) is 0 Å². The maximum Gasteiger partial charge on any atom is 0.306 e. The van der Waals surface area contributed by atoms with Crippen LogP contribution in [0.5, 0.6) is 0 Å². The van der Waals surface area contributed by atoms with Crippen molar-refractivity contribution in [2.75, 3.05) is 13.7 Å². The third-order valence-corrected chi connectivity index (χ3v) is 3.09. The molecule has 1 heterocycles. The molecule has 1 aliphatic carbocycles. The normalized spacial score (nSPS) is 30.6. The zero-order valence-electron chi connectivity index (χ0n) is 7.34. The first kappa shape index (κ1) is 8.05. The highest BCUT2D eigenvalue weighted by molar-refractivity contribution is 5.70. The third-order valence-electron chi connectivity index (χ3n) is 3.09. The quantitative estimate of drug-likeness (QED) is 0.470. The molecule has 0 N–H and O–H groups in total. The average molecular weight is 170 g/mol. The van der Waals surface area contributed by atoms with E-state index in [1.807, 2.05) is 0 Å². The van der Waals surface area contributed by atoms with Gasteiger partial charge in [0.1, 0.15) is 0 Å². The highest BCUT2D eigenvalue weighted by atomic mass is 16.6. The number of esters is 1. The molecule has 1 saturated heterocycles. The molecule has 1 atom stereocenters. The van der Waals surface area contributed by atoms with Crippen LogP contribution < -0.4 is 0 Å². The summed E-state index contributed by atoms with van der Waals surface area (Å²) in [6, 6.07) is 0. The van der Waals surface area contributed by atoms with E-state index in [1.165, 1.54) is 13.5 Å². The van der Waals surface area contributed by atoms with Gasteiger partial charge in [0.15, 0.2) is 0 Å². The Balaban J connectivity index is 1.93. The van der Waals surface area contributed by atoms with Gasteiger partial charge in [-0.25, -0.2) is 0 Å². The second kappa shape index (κ2) is 2.73. The van der Waals surface area contributed by atoms with E-state index in [4.69, 9.17) is 4.74 Å². The third kappa shape index (κ3) is 1.22. The molecule has 2 aliphatic rings. The molecule has 2 rings (SSSR count). The first-order chi connectivity index (χ1) is 5.77. The first-order valence-corrected chi connectivity index (χ1v) is 4.45. The van der Waals surface area contributed by atoms with Gasteiger partial charge in [-0.2, -0.15) is 0 Å². The van der Waals surface area contributed by atoms with Crippen molar-refractivity contribution < 1.29 is 14.3 Å². The topological polar surface area (TPSA) is 38.8 Å². The fourth-order valence-electron chi connectivity index (χ4n) is 2.00. The van der Waals surface area contributed by atoms with Gasteiger partial charge in [-0.1, -0.05) is 6.42 Å². The highest BCUT2D eigenvalue weighted by Crippen LogP contribution is 2.51. The number of ether oxygens (including phenoxy) is 2.